The van der Waals surface area contributed by atoms with Gasteiger partial charge in [-0.15, -0.1) is 11.3 Å². The molecule has 1 aromatic carbocycles. The molecule has 0 aliphatic carbocycles. The highest BCUT2D eigenvalue weighted by Gasteiger charge is 2.07. The van der Waals surface area contributed by atoms with Gasteiger partial charge in [0, 0.05) is 5.38 Å². The molecular formula is C11H8ClN3S. The van der Waals surface area contributed by atoms with Crippen LogP contribution in [-0.2, 0) is 0 Å². The molecule has 0 unspecified atom stereocenters. The summed E-state index contributed by atoms with van der Waals surface area (Å²) in [7, 11) is 0. The summed E-state index contributed by atoms with van der Waals surface area (Å²) in [6.07, 6.45) is 0. The Kier molecular flexibility index (Phi) is 3.09. The first kappa shape index (κ1) is 10.9. The SMILES string of the molecule is Cc1csc(Nc2cccc(Cl)c2C#N)n1. The number of halogens is 1. The van der Waals surface area contributed by atoms with Crippen LogP contribution in [0.15, 0.2) is 23.6 Å². The van der Waals surface area contributed by atoms with Gasteiger partial charge >= 0.3 is 0 Å². The fourth-order valence-electron chi connectivity index (χ4n) is 1.27. The summed E-state index contributed by atoms with van der Waals surface area (Å²) in [6, 6.07) is 7.37. The number of hydrogen-bond acceptors (Lipinski definition) is 4. The van der Waals surface area contributed by atoms with Gasteiger partial charge < -0.3 is 5.32 Å². The van der Waals surface area contributed by atoms with Crippen molar-refractivity contribution in [3.8, 4) is 6.07 Å². The second kappa shape index (κ2) is 4.52. The van der Waals surface area contributed by atoms with E-state index in [-0.39, 0.29) is 0 Å². The molecule has 16 heavy (non-hydrogen) atoms. The van der Waals surface area contributed by atoms with Gasteiger partial charge in [-0.05, 0) is 19.1 Å². The third-order valence-electron chi connectivity index (χ3n) is 1.99. The molecule has 0 aliphatic rings. The quantitative estimate of drug-likeness (QED) is 0.883. The number of aromatic nitrogens is 1. The number of benzene rings is 1. The van der Waals surface area contributed by atoms with Crippen molar-refractivity contribution in [1.82, 2.24) is 4.98 Å². The molecule has 3 nitrogen and oxygen atoms in total. The first-order chi connectivity index (χ1) is 7.70. The second-order valence-corrected chi connectivity index (χ2v) is 4.46. The maximum Gasteiger partial charge on any atom is 0.187 e. The monoisotopic (exact) mass is 249 g/mol. The number of nitriles is 1. The van der Waals surface area contributed by atoms with E-state index in [4.69, 9.17) is 16.9 Å². The van der Waals surface area contributed by atoms with E-state index in [1.54, 1.807) is 18.2 Å². The van der Waals surface area contributed by atoms with Gasteiger partial charge in [0.2, 0.25) is 0 Å². The van der Waals surface area contributed by atoms with Gasteiger partial charge in [0.15, 0.2) is 5.13 Å². The fourth-order valence-corrected chi connectivity index (χ4v) is 2.19. The van der Waals surface area contributed by atoms with Gasteiger partial charge in [-0.1, -0.05) is 17.7 Å². The number of rotatable bonds is 2. The first-order valence-electron chi connectivity index (χ1n) is 4.58. The van der Waals surface area contributed by atoms with E-state index >= 15 is 0 Å². The van der Waals surface area contributed by atoms with Crippen molar-refractivity contribution >= 4 is 33.8 Å². The number of nitrogens with zero attached hydrogens (tertiary/aromatic N) is 2. The number of hydrogen-bond donors (Lipinski definition) is 1. The van der Waals surface area contributed by atoms with Gasteiger partial charge in [0.05, 0.1) is 22.0 Å². The summed E-state index contributed by atoms with van der Waals surface area (Å²) in [5.41, 5.74) is 2.08. The Morgan fingerprint density at radius 3 is 2.94 bits per heavy atom. The lowest BCUT2D eigenvalue weighted by Gasteiger charge is -2.05. The Morgan fingerprint density at radius 1 is 1.50 bits per heavy atom. The number of nitrogens with one attached hydrogen (secondary N) is 1. The molecule has 1 heterocycles. The second-order valence-electron chi connectivity index (χ2n) is 3.19. The predicted molar refractivity (Wildman–Crippen MR) is 66.3 cm³/mol. The first-order valence-corrected chi connectivity index (χ1v) is 5.84. The van der Waals surface area contributed by atoms with Gasteiger partial charge in [-0.3, -0.25) is 0 Å². The number of aryl methyl sites for hydroxylation is 1. The largest absolute Gasteiger partial charge is 0.330 e. The van der Waals surface area contributed by atoms with E-state index in [2.05, 4.69) is 16.4 Å². The van der Waals surface area contributed by atoms with Gasteiger partial charge in [-0.2, -0.15) is 5.26 Å². The van der Waals surface area contributed by atoms with Crippen LogP contribution in [0.3, 0.4) is 0 Å². The van der Waals surface area contributed by atoms with E-state index in [0.717, 1.165) is 10.8 Å². The van der Waals surface area contributed by atoms with Gasteiger partial charge in [-0.25, -0.2) is 4.98 Å². The van der Waals surface area contributed by atoms with Crippen LogP contribution < -0.4 is 5.32 Å². The lowest BCUT2D eigenvalue weighted by atomic mass is 10.2. The molecule has 0 atom stereocenters. The van der Waals surface area contributed by atoms with E-state index in [0.29, 0.717) is 16.3 Å². The van der Waals surface area contributed by atoms with Crippen molar-refractivity contribution in [2.45, 2.75) is 6.92 Å². The van der Waals surface area contributed by atoms with Gasteiger partial charge in [0.25, 0.3) is 0 Å². The molecule has 0 saturated carbocycles. The molecule has 1 N–H and O–H groups in total. The topological polar surface area (TPSA) is 48.7 Å². The number of thiazole rings is 1. The van der Waals surface area contributed by atoms with Crippen molar-refractivity contribution in [2.24, 2.45) is 0 Å². The zero-order valence-corrected chi connectivity index (χ0v) is 10.1. The lowest BCUT2D eigenvalue weighted by molar-refractivity contribution is 1.26. The van der Waals surface area contributed by atoms with Gasteiger partial charge in [0.1, 0.15) is 6.07 Å². The summed E-state index contributed by atoms with van der Waals surface area (Å²) in [6.45, 7) is 1.92. The molecule has 0 amide bonds. The van der Waals surface area contributed by atoms with E-state index in [1.807, 2.05) is 12.3 Å². The van der Waals surface area contributed by atoms with E-state index < -0.39 is 0 Å². The normalized spacial score (nSPS) is 9.81. The molecule has 0 radical (unpaired) electrons. The van der Waals surface area contributed by atoms with Crippen LogP contribution in [0.2, 0.25) is 5.02 Å². The fraction of sp³-hybridized carbons (Fsp3) is 0.0909. The van der Waals surface area contributed by atoms with Crippen LogP contribution >= 0.6 is 22.9 Å². The van der Waals surface area contributed by atoms with Crippen LogP contribution in [0.25, 0.3) is 0 Å². The molecule has 1 aromatic heterocycles. The molecule has 5 heteroatoms. The Bertz CT molecular complexity index is 557. The third-order valence-corrected chi connectivity index (χ3v) is 3.18. The van der Waals surface area contributed by atoms with Crippen LogP contribution in [0.1, 0.15) is 11.3 Å². The molecule has 80 valence electrons. The molecule has 0 bridgehead atoms. The van der Waals surface area contributed by atoms with E-state index in [9.17, 15) is 0 Å². The maximum atomic E-state index is 8.99. The predicted octanol–water partition coefficient (Wildman–Crippen LogP) is 3.72. The smallest absolute Gasteiger partial charge is 0.187 e. The van der Waals surface area contributed by atoms with Crippen molar-refractivity contribution in [1.29, 1.82) is 5.26 Å². The van der Waals surface area contributed by atoms with Crippen molar-refractivity contribution in [3.63, 3.8) is 0 Å². The highest BCUT2D eigenvalue weighted by Crippen LogP contribution is 2.27. The lowest BCUT2D eigenvalue weighted by Crippen LogP contribution is -1.93. The molecule has 0 fully saturated rings. The minimum Gasteiger partial charge on any atom is -0.330 e. The highest BCUT2D eigenvalue weighted by atomic mass is 35.5. The van der Waals surface area contributed by atoms with E-state index in [1.165, 1.54) is 11.3 Å². The zero-order chi connectivity index (χ0) is 11.5. The van der Waals surface area contributed by atoms with Crippen LogP contribution in [0.4, 0.5) is 10.8 Å². The third kappa shape index (κ3) is 2.16. The Balaban J connectivity index is 2.35. The average Bonchev–Trinajstić information content (AvgIpc) is 2.64. The molecule has 0 aliphatic heterocycles. The summed E-state index contributed by atoms with van der Waals surface area (Å²) in [4.78, 5) is 4.27. The Morgan fingerprint density at radius 2 is 2.31 bits per heavy atom. The maximum absolute atomic E-state index is 8.99. The molecule has 0 spiro atoms. The standard InChI is InChI=1S/C11H8ClN3S/c1-7-6-16-11(14-7)15-10-4-2-3-9(12)8(10)5-13/h2-4,6H,1H3,(H,14,15). The summed E-state index contributed by atoms with van der Waals surface area (Å²) < 4.78 is 0. The van der Waals surface area contributed by atoms with Crippen molar-refractivity contribution in [3.05, 3.63) is 39.9 Å². The minimum absolute atomic E-state index is 0.442. The molecular weight excluding hydrogens is 242 g/mol. The van der Waals surface area contributed by atoms with Crippen LogP contribution in [-0.4, -0.2) is 4.98 Å². The molecule has 0 saturated heterocycles. The Labute approximate surface area is 102 Å². The Hall–Kier alpha value is -1.57. The molecule has 2 rings (SSSR count). The summed E-state index contributed by atoms with van der Waals surface area (Å²) >= 11 is 7.42. The minimum atomic E-state index is 0.442. The molecule has 2 aromatic rings. The summed E-state index contributed by atoms with van der Waals surface area (Å²) in [5.74, 6) is 0. The van der Waals surface area contributed by atoms with Crippen molar-refractivity contribution < 1.29 is 0 Å². The average molecular weight is 250 g/mol. The number of anilines is 2. The van der Waals surface area contributed by atoms with Crippen LogP contribution in [0.5, 0.6) is 0 Å². The zero-order valence-electron chi connectivity index (χ0n) is 8.49. The highest BCUT2D eigenvalue weighted by molar-refractivity contribution is 7.13. The van der Waals surface area contributed by atoms with Crippen molar-refractivity contribution in [2.75, 3.05) is 5.32 Å². The summed E-state index contributed by atoms with van der Waals surface area (Å²) in [5, 5.41) is 15.2. The van der Waals surface area contributed by atoms with Crippen LogP contribution in [0, 0.1) is 18.3 Å².